The van der Waals surface area contributed by atoms with Crippen molar-refractivity contribution >= 4 is 23.3 Å². The molecule has 0 saturated carbocycles. The first-order valence-corrected chi connectivity index (χ1v) is 26.7. The van der Waals surface area contributed by atoms with E-state index in [4.69, 9.17) is 9.98 Å². The lowest BCUT2D eigenvalue weighted by Crippen LogP contribution is -1.98. The van der Waals surface area contributed by atoms with E-state index in [2.05, 4.69) is 83.2 Å². The van der Waals surface area contributed by atoms with E-state index in [1.54, 1.807) is 0 Å². The second kappa shape index (κ2) is 39.4. The van der Waals surface area contributed by atoms with Gasteiger partial charge in [0.2, 0.25) is 0 Å². The number of rotatable bonds is 41. The van der Waals surface area contributed by atoms with Crippen LogP contribution in [-0.4, -0.2) is 11.9 Å². The van der Waals surface area contributed by atoms with E-state index >= 15 is 0 Å². The molecule has 0 atom stereocenters. The van der Waals surface area contributed by atoms with E-state index in [0.29, 0.717) is 0 Å². The molecule has 0 heterocycles. The number of nitrogens with zero attached hydrogens (tertiary/aromatic N) is 2. The summed E-state index contributed by atoms with van der Waals surface area (Å²) in [6.07, 6.45) is 56.2. The maximum absolute atomic E-state index is 5.26. The van der Waals surface area contributed by atoms with Gasteiger partial charge in [0.25, 0.3) is 0 Å². The fraction of sp³-hybridized carbons (Fsp3) is 0.724. The summed E-state index contributed by atoms with van der Waals surface area (Å²) < 4.78 is 0. The number of hydrogen-bond donors (Lipinski definition) is 0. The van der Waals surface area contributed by atoms with Crippen molar-refractivity contribution in [2.24, 2.45) is 9.98 Å². The van der Waals surface area contributed by atoms with Crippen molar-refractivity contribution in [1.82, 2.24) is 0 Å². The number of aliphatic imine (C=N–C) groups is 2. The third-order valence-electron chi connectivity index (χ3n) is 12.7. The predicted octanol–water partition coefficient (Wildman–Crippen LogP) is 19.9. The second-order valence-corrected chi connectivity index (χ2v) is 18.4. The Balaban J connectivity index is 1.93. The number of allylic oxidation sites excluding steroid dienone is 2. The maximum Gasteiger partial charge on any atom is 0.0816 e. The van der Waals surface area contributed by atoms with Crippen molar-refractivity contribution < 1.29 is 0 Å². The van der Waals surface area contributed by atoms with Crippen molar-refractivity contribution in [3.63, 3.8) is 0 Å². The number of unbranched alkanes of at least 4 members (excludes halogenated alkanes) is 28. The summed E-state index contributed by atoms with van der Waals surface area (Å²) in [5.74, 6) is 0. The van der Waals surface area contributed by atoms with Crippen LogP contribution in [0.2, 0.25) is 0 Å². The second-order valence-electron chi connectivity index (χ2n) is 18.4. The van der Waals surface area contributed by atoms with Crippen LogP contribution < -0.4 is 0 Å². The van der Waals surface area contributed by atoms with Gasteiger partial charge in [0.05, 0.1) is 23.3 Å². The van der Waals surface area contributed by atoms with Gasteiger partial charge in [-0.3, -0.25) is 4.99 Å². The molecule has 0 fully saturated rings. The fourth-order valence-electron chi connectivity index (χ4n) is 8.71. The molecule has 0 N–H and O–H groups in total. The van der Waals surface area contributed by atoms with Crippen molar-refractivity contribution in [2.45, 2.75) is 272 Å². The minimum absolute atomic E-state index is 0.959. The molecule has 0 bridgehead atoms. The van der Waals surface area contributed by atoms with Crippen LogP contribution in [0.15, 0.2) is 58.5 Å². The van der Waals surface area contributed by atoms with Gasteiger partial charge in [-0.05, 0) is 117 Å². The smallest absolute Gasteiger partial charge is 0.0816 e. The molecule has 2 aromatic rings. The molecule has 2 nitrogen and oxygen atoms in total. The Morgan fingerprint density at radius 1 is 0.367 bits per heavy atom. The molecule has 0 amide bonds. The largest absolute Gasteiger partial charge is 0.255 e. The SMILES string of the molecule is CCCCCCCCCCCCCCCCCCCCCCC=CC(C=Nc1ccc(CCCCC)c(CCCCC)c1)=Nc1ccc(CCCCC)c(CCCCC)c1. The summed E-state index contributed by atoms with van der Waals surface area (Å²) in [6, 6.07) is 14.0. The van der Waals surface area contributed by atoms with Crippen LogP contribution in [-0.2, 0) is 25.7 Å². The summed E-state index contributed by atoms with van der Waals surface area (Å²) in [7, 11) is 0. The summed E-state index contributed by atoms with van der Waals surface area (Å²) >= 11 is 0. The Labute approximate surface area is 374 Å². The van der Waals surface area contributed by atoms with Gasteiger partial charge in [0.15, 0.2) is 0 Å². The Morgan fingerprint density at radius 3 is 1.12 bits per heavy atom. The van der Waals surface area contributed by atoms with Crippen molar-refractivity contribution in [1.29, 1.82) is 0 Å². The predicted molar refractivity (Wildman–Crippen MR) is 273 cm³/mol. The van der Waals surface area contributed by atoms with Gasteiger partial charge in [-0.2, -0.15) is 0 Å². The highest BCUT2D eigenvalue weighted by Gasteiger charge is 2.07. The Bertz CT molecular complexity index is 1360. The van der Waals surface area contributed by atoms with Gasteiger partial charge in [-0.25, -0.2) is 4.99 Å². The average molecular weight is 823 g/mol. The van der Waals surface area contributed by atoms with Crippen LogP contribution in [0, 0.1) is 0 Å². The monoisotopic (exact) mass is 823 g/mol. The topological polar surface area (TPSA) is 24.7 Å². The molecular weight excluding hydrogens is 725 g/mol. The van der Waals surface area contributed by atoms with E-state index in [1.807, 2.05) is 6.21 Å². The van der Waals surface area contributed by atoms with Crippen molar-refractivity contribution in [2.75, 3.05) is 0 Å². The van der Waals surface area contributed by atoms with E-state index in [9.17, 15) is 0 Å². The highest BCUT2D eigenvalue weighted by molar-refractivity contribution is 6.36. The molecule has 2 rings (SSSR count). The zero-order valence-corrected chi connectivity index (χ0v) is 40.8. The molecule has 0 aliphatic rings. The average Bonchev–Trinajstić information content (AvgIpc) is 3.26. The summed E-state index contributed by atoms with van der Waals surface area (Å²) in [6.45, 7) is 11.5. The van der Waals surface area contributed by atoms with Crippen LogP contribution in [0.3, 0.4) is 0 Å². The molecule has 340 valence electrons. The van der Waals surface area contributed by atoms with Crippen LogP contribution in [0.1, 0.15) is 269 Å². The lowest BCUT2D eigenvalue weighted by Gasteiger charge is -2.11. The molecule has 0 aliphatic heterocycles. The van der Waals surface area contributed by atoms with Crippen LogP contribution >= 0.6 is 0 Å². The normalized spacial score (nSPS) is 12.2. The maximum atomic E-state index is 5.26. The van der Waals surface area contributed by atoms with Crippen molar-refractivity contribution in [3.8, 4) is 0 Å². The number of benzene rings is 2. The van der Waals surface area contributed by atoms with Gasteiger partial charge < -0.3 is 0 Å². The zero-order chi connectivity index (χ0) is 43.0. The number of hydrogen-bond acceptors (Lipinski definition) is 2. The van der Waals surface area contributed by atoms with Gasteiger partial charge in [0.1, 0.15) is 0 Å². The van der Waals surface area contributed by atoms with E-state index in [0.717, 1.165) is 36.3 Å². The number of aryl methyl sites for hydroxylation is 4. The van der Waals surface area contributed by atoms with Gasteiger partial charge in [0, 0.05) is 0 Å². The minimum atomic E-state index is 0.959. The third-order valence-corrected chi connectivity index (χ3v) is 12.7. The standard InChI is InChI=1S/C58H98N2/c1-6-11-16-17-18-19-20-21-22-23-24-25-26-27-28-29-30-31-32-33-34-39-44-58(60-57-48-46-53(41-36-13-8-3)55(50-57)43-38-15-10-5)51-59-56-47-45-52(40-35-12-7-2)54(49-56)42-37-14-9-4/h39,44-51H,6-38,40-43H2,1-5H3. The Morgan fingerprint density at radius 2 is 0.700 bits per heavy atom. The van der Waals surface area contributed by atoms with Crippen LogP contribution in [0.25, 0.3) is 0 Å². The summed E-state index contributed by atoms with van der Waals surface area (Å²) in [5.41, 5.74) is 9.13. The molecule has 0 aliphatic carbocycles. The first kappa shape index (κ1) is 53.7. The zero-order valence-electron chi connectivity index (χ0n) is 40.8. The molecule has 2 heteroatoms. The third kappa shape index (κ3) is 28.2. The molecular formula is C58H98N2. The van der Waals surface area contributed by atoms with E-state index < -0.39 is 0 Å². The van der Waals surface area contributed by atoms with Gasteiger partial charge >= 0.3 is 0 Å². The van der Waals surface area contributed by atoms with Crippen molar-refractivity contribution in [3.05, 3.63) is 70.8 Å². The van der Waals surface area contributed by atoms with Gasteiger partial charge in [-0.15, -0.1) is 0 Å². The van der Waals surface area contributed by atoms with E-state index in [1.165, 1.54) is 241 Å². The lowest BCUT2D eigenvalue weighted by atomic mass is 9.96. The molecule has 60 heavy (non-hydrogen) atoms. The molecule has 0 radical (unpaired) electrons. The minimum Gasteiger partial charge on any atom is -0.255 e. The molecule has 2 aromatic carbocycles. The van der Waals surface area contributed by atoms with Gasteiger partial charge in [-0.1, -0.05) is 226 Å². The summed E-state index contributed by atoms with van der Waals surface area (Å²) in [5, 5.41) is 0. The first-order chi connectivity index (χ1) is 29.6. The van der Waals surface area contributed by atoms with E-state index in [-0.39, 0.29) is 0 Å². The highest BCUT2D eigenvalue weighted by atomic mass is 14.8. The van der Waals surface area contributed by atoms with Crippen LogP contribution in [0.4, 0.5) is 11.4 Å². The molecule has 0 aromatic heterocycles. The molecule has 0 unspecified atom stereocenters. The van der Waals surface area contributed by atoms with Crippen LogP contribution in [0.5, 0.6) is 0 Å². The fourth-order valence-corrected chi connectivity index (χ4v) is 8.71. The highest BCUT2D eigenvalue weighted by Crippen LogP contribution is 2.25. The Kier molecular flexibility index (Phi) is 35.2. The first-order valence-electron chi connectivity index (χ1n) is 26.7. The molecule has 0 spiro atoms. The Hall–Kier alpha value is -2.48. The quantitative estimate of drug-likeness (QED) is 0.0471. The molecule has 0 saturated heterocycles. The lowest BCUT2D eigenvalue weighted by molar-refractivity contribution is 0.522. The summed E-state index contributed by atoms with van der Waals surface area (Å²) in [4.78, 5) is 10.3.